The molecule has 1 atom stereocenters. The molecule has 1 amide bonds. The normalized spacial score (nSPS) is 11.9. The number of hydrogen-bond donors (Lipinski definition) is 1. The number of unbranched alkanes of at least 4 members (excludes halogenated alkanes) is 1. The molecule has 0 saturated heterocycles. The van der Waals surface area contributed by atoms with Crippen molar-refractivity contribution in [2.45, 2.75) is 46.5 Å². The molecule has 4 heteroatoms. The van der Waals surface area contributed by atoms with Gasteiger partial charge in [0.05, 0.1) is 12.5 Å². The fourth-order valence-electron chi connectivity index (χ4n) is 1.13. The third-order valence-corrected chi connectivity index (χ3v) is 2.23. The zero-order valence-corrected chi connectivity index (χ0v) is 10.5. The SMILES string of the molecule is CCCCOC(=O)[C@@H](C)CNC(=O)CCC. The zero-order valence-electron chi connectivity index (χ0n) is 10.5. The molecule has 0 heterocycles. The molecule has 0 unspecified atom stereocenters. The Kier molecular flexibility index (Phi) is 8.58. The largest absolute Gasteiger partial charge is 0.465 e. The Morgan fingerprint density at radius 1 is 1.25 bits per heavy atom. The van der Waals surface area contributed by atoms with E-state index in [1.165, 1.54) is 0 Å². The molecule has 0 aromatic rings. The molecule has 0 saturated carbocycles. The van der Waals surface area contributed by atoms with Gasteiger partial charge in [-0.3, -0.25) is 9.59 Å². The van der Waals surface area contributed by atoms with Crippen molar-refractivity contribution in [2.75, 3.05) is 13.2 Å². The highest BCUT2D eigenvalue weighted by molar-refractivity contribution is 5.77. The first kappa shape index (κ1) is 14.9. The van der Waals surface area contributed by atoms with Gasteiger partial charge in [-0.1, -0.05) is 27.2 Å². The first-order chi connectivity index (χ1) is 7.61. The van der Waals surface area contributed by atoms with E-state index in [1.54, 1.807) is 6.92 Å². The monoisotopic (exact) mass is 229 g/mol. The van der Waals surface area contributed by atoms with Gasteiger partial charge < -0.3 is 10.1 Å². The summed E-state index contributed by atoms with van der Waals surface area (Å²) in [5.41, 5.74) is 0. The smallest absolute Gasteiger partial charge is 0.310 e. The Morgan fingerprint density at radius 3 is 2.50 bits per heavy atom. The highest BCUT2D eigenvalue weighted by Gasteiger charge is 2.14. The molecule has 4 nitrogen and oxygen atoms in total. The van der Waals surface area contributed by atoms with E-state index in [1.807, 2.05) is 13.8 Å². The maximum atomic E-state index is 11.4. The van der Waals surface area contributed by atoms with Gasteiger partial charge in [-0.15, -0.1) is 0 Å². The molecule has 0 bridgehead atoms. The van der Waals surface area contributed by atoms with Crippen molar-refractivity contribution >= 4 is 11.9 Å². The third-order valence-electron chi connectivity index (χ3n) is 2.23. The van der Waals surface area contributed by atoms with Gasteiger partial charge in [0, 0.05) is 13.0 Å². The van der Waals surface area contributed by atoms with Gasteiger partial charge >= 0.3 is 5.97 Å². The van der Waals surface area contributed by atoms with Gasteiger partial charge in [0.1, 0.15) is 0 Å². The molecule has 0 aliphatic heterocycles. The number of esters is 1. The Labute approximate surface area is 97.7 Å². The molecule has 1 N–H and O–H groups in total. The highest BCUT2D eigenvalue weighted by Crippen LogP contribution is 1.99. The lowest BCUT2D eigenvalue weighted by Crippen LogP contribution is -2.32. The van der Waals surface area contributed by atoms with Crippen LogP contribution in [0.2, 0.25) is 0 Å². The molecule has 94 valence electrons. The predicted octanol–water partition coefficient (Wildman–Crippen LogP) is 1.88. The van der Waals surface area contributed by atoms with Crippen LogP contribution in [-0.2, 0) is 14.3 Å². The second-order valence-electron chi connectivity index (χ2n) is 3.98. The van der Waals surface area contributed by atoms with E-state index in [-0.39, 0.29) is 17.8 Å². The molecule has 0 rings (SSSR count). The van der Waals surface area contributed by atoms with Crippen molar-refractivity contribution < 1.29 is 14.3 Å². The van der Waals surface area contributed by atoms with Crippen LogP contribution in [0.15, 0.2) is 0 Å². The van der Waals surface area contributed by atoms with Crippen LogP contribution < -0.4 is 5.32 Å². The predicted molar refractivity (Wildman–Crippen MR) is 62.9 cm³/mol. The van der Waals surface area contributed by atoms with Crippen LogP contribution in [0.3, 0.4) is 0 Å². The van der Waals surface area contributed by atoms with Crippen molar-refractivity contribution in [2.24, 2.45) is 5.92 Å². The second kappa shape index (κ2) is 9.19. The summed E-state index contributed by atoms with van der Waals surface area (Å²) >= 11 is 0. The quantitative estimate of drug-likeness (QED) is 0.510. The Morgan fingerprint density at radius 2 is 1.94 bits per heavy atom. The molecule has 0 aromatic heterocycles. The molecule has 0 aliphatic rings. The average Bonchev–Trinajstić information content (AvgIpc) is 2.26. The van der Waals surface area contributed by atoms with Crippen molar-refractivity contribution in [3.05, 3.63) is 0 Å². The van der Waals surface area contributed by atoms with Crippen molar-refractivity contribution in [3.8, 4) is 0 Å². The Balaban J connectivity index is 3.66. The first-order valence-electron chi connectivity index (χ1n) is 6.05. The van der Waals surface area contributed by atoms with Crippen LogP contribution in [0, 0.1) is 5.92 Å². The maximum absolute atomic E-state index is 11.4. The van der Waals surface area contributed by atoms with E-state index in [0.29, 0.717) is 19.6 Å². The summed E-state index contributed by atoms with van der Waals surface area (Å²) in [6.45, 7) is 6.59. The number of amides is 1. The van der Waals surface area contributed by atoms with E-state index in [0.717, 1.165) is 19.3 Å². The third kappa shape index (κ3) is 7.26. The number of carbonyl (C=O) groups excluding carboxylic acids is 2. The van der Waals surface area contributed by atoms with E-state index < -0.39 is 0 Å². The van der Waals surface area contributed by atoms with Gasteiger partial charge in [-0.05, 0) is 12.8 Å². The van der Waals surface area contributed by atoms with Gasteiger partial charge in [0.15, 0.2) is 0 Å². The fourth-order valence-corrected chi connectivity index (χ4v) is 1.13. The first-order valence-corrected chi connectivity index (χ1v) is 6.05. The summed E-state index contributed by atoms with van der Waals surface area (Å²) in [6, 6.07) is 0. The molecule has 0 aliphatic carbocycles. The molecular weight excluding hydrogens is 206 g/mol. The van der Waals surface area contributed by atoms with Gasteiger partial charge in [0.25, 0.3) is 0 Å². The topological polar surface area (TPSA) is 55.4 Å². The van der Waals surface area contributed by atoms with Crippen LogP contribution in [-0.4, -0.2) is 25.0 Å². The fraction of sp³-hybridized carbons (Fsp3) is 0.833. The molecule has 0 fully saturated rings. The number of ether oxygens (including phenoxy) is 1. The minimum absolute atomic E-state index is 0.00397. The second-order valence-corrected chi connectivity index (χ2v) is 3.98. The minimum Gasteiger partial charge on any atom is -0.465 e. The molecule has 0 spiro atoms. The zero-order chi connectivity index (χ0) is 12.4. The molecule has 16 heavy (non-hydrogen) atoms. The van der Waals surface area contributed by atoms with Gasteiger partial charge in [0.2, 0.25) is 5.91 Å². The van der Waals surface area contributed by atoms with E-state index in [9.17, 15) is 9.59 Å². The van der Waals surface area contributed by atoms with E-state index in [2.05, 4.69) is 5.32 Å². The van der Waals surface area contributed by atoms with Crippen molar-refractivity contribution in [3.63, 3.8) is 0 Å². The minimum atomic E-state index is -0.266. The Hall–Kier alpha value is -1.06. The van der Waals surface area contributed by atoms with Gasteiger partial charge in [-0.2, -0.15) is 0 Å². The maximum Gasteiger partial charge on any atom is 0.310 e. The van der Waals surface area contributed by atoms with Crippen molar-refractivity contribution in [1.82, 2.24) is 5.32 Å². The molecule has 0 aromatic carbocycles. The molecular formula is C12H23NO3. The average molecular weight is 229 g/mol. The summed E-state index contributed by atoms with van der Waals surface area (Å²) in [7, 11) is 0. The van der Waals surface area contributed by atoms with Crippen molar-refractivity contribution in [1.29, 1.82) is 0 Å². The summed E-state index contributed by atoms with van der Waals surface area (Å²) in [6.07, 6.45) is 3.23. The summed E-state index contributed by atoms with van der Waals surface area (Å²) in [4.78, 5) is 22.6. The number of carbonyl (C=O) groups is 2. The summed E-state index contributed by atoms with van der Waals surface area (Å²) in [5, 5.41) is 2.71. The van der Waals surface area contributed by atoms with Crippen LogP contribution in [0.1, 0.15) is 46.5 Å². The van der Waals surface area contributed by atoms with Gasteiger partial charge in [-0.25, -0.2) is 0 Å². The number of nitrogens with one attached hydrogen (secondary N) is 1. The number of hydrogen-bond acceptors (Lipinski definition) is 3. The Bertz CT molecular complexity index is 216. The van der Waals surface area contributed by atoms with E-state index in [4.69, 9.17) is 4.74 Å². The van der Waals surface area contributed by atoms with Crippen LogP contribution in [0.4, 0.5) is 0 Å². The lowest BCUT2D eigenvalue weighted by molar-refractivity contribution is -0.147. The molecule has 0 radical (unpaired) electrons. The lowest BCUT2D eigenvalue weighted by atomic mass is 10.2. The highest BCUT2D eigenvalue weighted by atomic mass is 16.5. The van der Waals surface area contributed by atoms with Crippen LogP contribution >= 0.6 is 0 Å². The lowest BCUT2D eigenvalue weighted by Gasteiger charge is -2.12. The van der Waals surface area contributed by atoms with E-state index >= 15 is 0 Å². The summed E-state index contributed by atoms with van der Waals surface area (Å²) < 4.78 is 5.05. The van der Waals surface area contributed by atoms with Crippen LogP contribution in [0.25, 0.3) is 0 Å². The standard InChI is InChI=1S/C12H23NO3/c1-4-6-8-16-12(15)10(3)9-13-11(14)7-5-2/h10H,4-9H2,1-3H3,(H,13,14)/t10-/m0/s1. The van der Waals surface area contributed by atoms with Crippen LogP contribution in [0.5, 0.6) is 0 Å². The summed E-state index contributed by atoms with van der Waals surface area (Å²) in [5.74, 6) is -0.501. The number of rotatable bonds is 8.